The van der Waals surface area contributed by atoms with E-state index in [0.29, 0.717) is 57.3 Å². The molecule has 0 saturated heterocycles. The number of aromatic nitrogens is 2. The second-order valence-electron chi connectivity index (χ2n) is 7.52. The van der Waals surface area contributed by atoms with E-state index >= 15 is 0 Å². The molecule has 0 aliphatic heterocycles. The first-order valence-electron chi connectivity index (χ1n) is 11.1. The average Bonchev–Trinajstić information content (AvgIpc) is 3.34. The van der Waals surface area contributed by atoms with Crippen molar-refractivity contribution >= 4 is 41.1 Å². The Hall–Kier alpha value is -3.66. The second kappa shape index (κ2) is 13.4. The van der Waals surface area contributed by atoms with Gasteiger partial charge in [0.25, 0.3) is 0 Å². The van der Waals surface area contributed by atoms with Gasteiger partial charge in [-0.2, -0.15) is 11.8 Å². The van der Waals surface area contributed by atoms with E-state index in [1.807, 2.05) is 40.4 Å². The minimum Gasteiger partial charge on any atom is -0.465 e. The van der Waals surface area contributed by atoms with Crippen molar-refractivity contribution in [2.24, 2.45) is 0 Å². The highest BCUT2D eigenvalue weighted by Gasteiger charge is 2.22. The van der Waals surface area contributed by atoms with E-state index < -0.39 is 17.6 Å². The third kappa shape index (κ3) is 6.72. The van der Waals surface area contributed by atoms with E-state index in [4.69, 9.17) is 4.74 Å². The molecule has 0 saturated carbocycles. The fraction of sp³-hybridized carbons (Fsp3) is 0.269. The largest absolute Gasteiger partial charge is 0.465 e. The number of carbonyl (C=O) groups is 2. The number of aromatic amines is 1. The van der Waals surface area contributed by atoms with Gasteiger partial charge in [0.1, 0.15) is 5.82 Å². The van der Waals surface area contributed by atoms with Crippen molar-refractivity contribution in [3.63, 3.8) is 0 Å². The summed E-state index contributed by atoms with van der Waals surface area (Å²) < 4.78 is 32.8. The van der Waals surface area contributed by atoms with Gasteiger partial charge in [0.15, 0.2) is 17.9 Å². The van der Waals surface area contributed by atoms with Crippen molar-refractivity contribution in [3.8, 4) is 0 Å². The van der Waals surface area contributed by atoms with Crippen molar-refractivity contribution in [3.05, 3.63) is 82.4 Å². The highest BCUT2D eigenvalue weighted by atomic mass is 32.2. The van der Waals surface area contributed by atoms with E-state index in [0.717, 1.165) is 6.20 Å². The van der Waals surface area contributed by atoms with Gasteiger partial charge >= 0.3 is 5.97 Å². The quantitative estimate of drug-likeness (QED) is 0.272. The number of carbonyl (C=O) groups excluding carboxylic acids is 2. The molecule has 0 radical (unpaired) electrons. The maximum absolute atomic E-state index is 14.5. The zero-order valence-electron chi connectivity index (χ0n) is 21.1. The van der Waals surface area contributed by atoms with Crippen molar-refractivity contribution in [1.82, 2.24) is 14.9 Å². The summed E-state index contributed by atoms with van der Waals surface area (Å²) in [6.07, 6.45) is 6.95. The fourth-order valence-electron chi connectivity index (χ4n) is 3.44. The summed E-state index contributed by atoms with van der Waals surface area (Å²) in [6, 6.07) is 5.81. The molecule has 192 valence electrons. The molecule has 0 amide bonds. The van der Waals surface area contributed by atoms with Crippen LogP contribution in [0.25, 0.3) is 5.57 Å². The number of esters is 1. The molecule has 7 nitrogen and oxygen atoms in total. The number of nitrogens with zero attached hydrogens (tertiary/aromatic N) is 2. The number of H-pyrrole nitrogens is 1. The lowest BCUT2D eigenvalue weighted by Crippen LogP contribution is -2.11. The fourth-order valence-corrected chi connectivity index (χ4v) is 3.99. The number of hydrogen-bond donors (Lipinski definition) is 2. The summed E-state index contributed by atoms with van der Waals surface area (Å²) in [6.45, 7) is 4.00. The Morgan fingerprint density at radius 2 is 1.92 bits per heavy atom. The molecule has 3 rings (SSSR count). The van der Waals surface area contributed by atoms with Crippen LogP contribution in [0.3, 0.4) is 0 Å². The lowest BCUT2D eigenvalue weighted by molar-refractivity contribution is 0.0599. The van der Waals surface area contributed by atoms with Crippen LogP contribution in [0.4, 0.5) is 20.3 Å². The Bertz CT molecular complexity index is 1240. The Balaban J connectivity index is 0.00000222. The summed E-state index contributed by atoms with van der Waals surface area (Å²) in [5.74, 6) is -1.98. The monoisotopic (exact) mass is 516 g/mol. The lowest BCUT2D eigenvalue weighted by atomic mass is 9.93. The molecule has 2 heterocycles. The van der Waals surface area contributed by atoms with E-state index in [2.05, 4.69) is 15.3 Å². The standard InChI is InChI=1S/C24H24F2N4O3S.C2H6/c1-30(2)11-19(16-5-6-27-22(16)12-31)18-7-14(13-34-4)17(24(32)33-3)9-21(18)29-23-20(26)8-15(25)10-28-23;1-2/h5-12,27H,13H2,1-4H3,(H,28,29);1-2H3/b19-11+;. The minimum atomic E-state index is -0.896. The first kappa shape index (κ1) is 28.6. The molecule has 3 aromatic rings. The minimum absolute atomic E-state index is 0.218. The predicted octanol–water partition coefficient (Wildman–Crippen LogP) is 5.87. The van der Waals surface area contributed by atoms with Gasteiger partial charge in [-0.15, -0.1) is 0 Å². The van der Waals surface area contributed by atoms with Gasteiger partial charge in [-0.1, -0.05) is 13.8 Å². The maximum atomic E-state index is 14.5. The molecule has 0 atom stereocenters. The zero-order chi connectivity index (χ0) is 26.8. The number of anilines is 2. The smallest absolute Gasteiger partial charge is 0.338 e. The van der Waals surface area contributed by atoms with Crippen LogP contribution < -0.4 is 5.32 Å². The molecule has 0 fully saturated rings. The van der Waals surface area contributed by atoms with Gasteiger partial charge < -0.3 is 19.9 Å². The maximum Gasteiger partial charge on any atom is 0.338 e. The first-order valence-corrected chi connectivity index (χ1v) is 12.5. The van der Waals surface area contributed by atoms with Crippen molar-refractivity contribution in [2.75, 3.05) is 32.8 Å². The van der Waals surface area contributed by atoms with Crippen LogP contribution in [-0.4, -0.2) is 54.6 Å². The summed E-state index contributed by atoms with van der Waals surface area (Å²) >= 11 is 1.52. The van der Waals surface area contributed by atoms with Gasteiger partial charge in [0, 0.05) is 60.7 Å². The third-order valence-electron chi connectivity index (χ3n) is 4.87. The Labute approximate surface area is 214 Å². The number of rotatable bonds is 9. The summed E-state index contributed by atoms with van der Waals surface area (Å²) in [4.78, 5) is 32.7. The molecule has 2 N–H and O–H groups in total. The topological polar surface area (TPSA) is 87.3 Å². The van der Waals surface area contributed by atoms with Crippen LogP contribution in [0.5, 0.6) is 0 Å². The Morgan fingerprint density at radius 3 is 2.50 bits per heavy atom. The molecular weight excluding hydrogens is 486 g/mol. The molecule has 2 aromatic heterocycles. The van der Waals surface area contributed by atoms with Gasteiger partial charge in [-0.25, -0.2) is 18.6 Å². The van der Waals surface area contributed by atoms with Crippen LogP contribution in [0.15, 0.2) is 42.9 Å². The molecule has 36 heavy (non-hydrogen) atoms. The third-order valence-corrected chi connectivity index (χ3v) is 5.47. The number of thioether (sulfide) groups is 1. The van der Waals surface area contributed by atoms with Crippen molar-refractivity contribution < 1.29 is 23.1 Å². The average molecular weight is 517 g/mol. The lowest BCUT2D eigenvalue weighted by Gasteiger charge is -2.20. The number of pyridine rings is 1. The van der Waals surface area contributed by atoms with Crippen LogP contribution in [-0.2, 0) is 10.5 Å². The SMILES string of the molecule is CC.COC(=O)c1cc(Nc2ncc(F)cc2F)c(/C(=C/N(C)C)c2cc[nH]c2C=O)cc1CSC. The summed E-state index contributed by atoms with van der Waals surface area (Å²) in [5, 5.41) is 2.88. The second-order valence-corrected chi connectivity index (χ2v) is 8.38. The number of hydrogen-bond acceptors (Lipinski definition) is 7. The normalized spacial score (nSPS) is 10.8. The number of nitrogens with one attached hydrogen (secondary N) is 2. The first-order chi connectivity index (χ1) is 17.3. The molecule has 0 bridgehead atoms. The molecule has 10 heteroatoms. The van der Waals surface area contributed by atoms with Crippen molar-refractivity contribution in [1.29, 1.82) is 0 Å². The number of methoxy groups -OCH3 is 1. The predicted molar refractivity (Wildman–Crippen MR) is 141 cm³/mol. The summed E-state index contributed by atoms with van der Waals surface area (Å²) in [7, 11) is 4.93. The number of aldehydes is 1. The van der Waals surface area contributed by atoms with Crippen LogP contribution >= 0.6 is 11.8 Å². The van der Waals surface area contributed by atoms with E-state index in [9.17, 15) is 18.4 Å². The van der Waals surface area contributed by atoms with Crippen molar-refractivity contribution in [2.45, 2.75) is 19.6 Å². The Morgan fingerprint density at radius 1 is 1.19 bits per heavy atom. The molecule has 1 aromatic carbocycles. The van der Waals surface area contributed by atoms with Gasteiger partial charge in [-0.05, 0) is 30.0 Å². The van der Waals surface area contributed by atoms with Crippen LogP contribution in [0.1, 0.15) is 51.4 Å². The van der Waals surface area contributed by atoms with Gasteiger partial charge in [-0.3, -0.25) is 4.79 Å². The molecule has 0 aliphatic carbocycles. The molecule has 0 aliphatic rings. The molecule has 0 unspecified atom stereocenters. The number of benzene rings is 1. The van der Waals surface area contributed by atoms with E-state index in [1.54, 1.807) is 29.3 Å². The van der Waals surface area contributed by atoms with Crippen LogP contribution in [0, 0.1) is 11.6 Å². The molecular formula is C26H30F2N4O3S. The highest BCUT2D eigenvalue weighted by Crippen LogP contribution is 2.36. The van der Waals surface area contributed by atoms with E-state index in [-0.39, 0.29) is 5.82 Å². The number of halogens is 2. The highest BCUT2D eigenvalue weighted by molar-refractivity contribution is 7.97. The molecule has 0 spiro atoms. The summed E-state index contributed by atoms with van der Waals surface area (Å²) in [5.41, 5.74) is 3.50. The van der Waals surface area contributed by atoms with Crippen LogP contribution in [0.2, 0.25) is 0 Å². The number of ether oxygens (including phenoxy) is 1. The zero-order valence-corrected chi connectivity index (χ0v) is 21.9. The van der Waals surface area contributed by atoms with E-state index in [1.165, 1.54) is 18.9 Å². The Kier molecular flexibility index (Phi) is 10.7. The van der Waals surface area contributed by atoms with Gasteiger partial charge in [0.05, 0.1) is 24.6 Å². The van der Waals surface area contributed by atoms with Gasteiger partial charge in [0.2, 0.25) is 0 Å².